The van der Waals surface area contributed by atoms with Gasteiger partial charge >= 0.3 is 0 Å². The lowest BCUT2D eigenvalue weighted by Gasteiger charge is -2.46. The van der Waals surface area contributed by atoms with E-state index in [1.165, 1.54) is 44.6 Å². The first-order chi connectivity index (χ1) is 7.93. The third kappa shape index (κ3) is 2.00. The molecule has 1 aromatic rings. The summed E-state index contributed by atoms with van der Waals surface area (Å²) in [5.74, 6) is 0.781. The first-order valence-electron chi connectivity index (χ1n) is 6.43. The number of nitrogens with one attached hydrogen (secondary N) is 1. The van der Waals surface area contributed by atoms with E-state index < -0.39 is 0 Å². The number of nitrogens with zero attached hydrogens (tertiary/aromatic N) is 1. The van der Waals surface area contributed by atoms with Gasteiger partial charge in [0.15, 0.2) is 0 Å². The molecular formula is C14H20N2. The lowest BCUT2D eigenvalue weighted by molar-refractivity contribution is 0.0760. The van der Waals surface area contributed by atoms with Crippen LogP contribution in [-0.2, 0) is 0 Å². The van der Waals surface area contributed by atoms with Crippen molar-refractivity contribution in [3.05, 3.63) is 35.9 Å². The van der Waals surface area contributed by atoms with E-state index in [-0.39, 0.29) is 0 Å². The second-order valence-electron chi connectivity index (χ2n) is 5.06. The summed E-state index contributed by atoms with van der Waals surface area (Å²) in [6.07, 6.45) is 2.73. The molecule has 1 unspecified atom stereocenters. The van der Waals surface area contributed by atoms with E-state index in [4.69, 9.17) is 0 Å². The minimum absolute atomic E-state index is 0.781. The highest BCUT2D eigenvalue weighted by molar-refractivity contribution is 5.22. The summed E-state index contributed by atoms with van der Waals surface area (Å²) in [6.45, 7) is 4.93. The number of rotatable bonds is 2. The van der Waals surface area contributed by atoms with Gasteiger partial charge in [0.1, 0.15) is 0 Å². The van der Waals surface area contributed by atoms with Gasteiger partial charge in [0.05, 0.1) is 0 Å². The Morgan fingerprint density at radius 2 is 1.94 bits per heavy atom. The van der Waals surface area contributed by atoms with E-state index in [1.807, 2.05) is 0 Å². The second kappa shape index (κ2) is 4.56. The lowest BCUT2D eigenvalue weighted by Crippen LogP contribution is -2.55. The largest absolute Gasteiger partial charge is 0.315 e. The Labute approximate surface area is 97.6 Å². The van der Waals surface area contributed by atoms with Crippen LogP contribution in [0.25, 0.3) is 0 Å². The molecule has 3 rings (SSSR count). The van der Waals surface area contributed by atoms with Crippen LogP contribution in [0.3, 0.4) is 0 Å². The van der Waals surface area contributed by atoms with Crippen molar-refractivity contribution in [1.29, 1.82) is 0 Å². The Morgan fingerprint density at radius 3 is 2.62 bits per heavy atom. The highest BCUT2D eigenvalue weighted by Crippen LogP contribution is 2.29. The first kappa shape index (κ1) is 10.3. The molecule has 2 fully saturated rings. The molecule has 2 heteroatoms. The molecule has 1 aromatic carbocycles. The number of piperidine rings is 1. The summed E-state index contributed by atoms with van der Waals surface area (Å²) in [4.78, 5) is 2.64. The zero-order chi connectivity index (χ0) is 10.8. The lowest BCUT2D eigenvalue weighted by atomic mass is 9.88. The van der Waals surface area contributed by atoms with Gasteiger partial charge in [-0.05, 0) is 24.9 Å². The van der Waals surface area contributed by atoms with Crippen LogP contribution in [0.2, 0.25) is 0 Å². The summed E-state index contributed by atoms with van der Waals surface area (Å²) >= 11 is 0. The van der Waals surface area contributed by atoms with Crippen LogP contribution >= 0.6 is 0 Å². The SMILES string of the molecule is c1ccc(C2CN(C3CCCNC3)C2)cc1. The fourth-order valence-electron chi connectivity index (χ4n) is 2.89. The van der Waals surface area contributed by atoms with Crippen molar-refractivity contribution in [2.75, 3.05) is 26.2 Å². The maximum atomic E-state index is 3.50. The van der Waals surface area contributed by atoms with E-state index in [9.17, 15) is 0 Å². The standard InChI is InChI=1S/C14H20N2/c1-2-5-12(6-3-1)13-10-16(11-13)14-7-4-8-15-9-14/h1-3,5-6,13-15H,4,7-11H2. The van der Waals surface area contributed by atoms with E-state index >= 15 is 0 Å². The van der Waals surface area contributed by atoms with Gasteiger partial charge in [0.2, 0.25) is 0 Å². The predicted molar refractivity (Wildman–Crippen MR) is 66.6 cm³/mol. The molecule has 1 N–H and O–H groups in total. The van der Waals surface area contributed by atoms with Crippen molar-refractivity contribution in [2.45, 2.75) is 24.8 Å². The minimum atomic E-state index is 0.781. The molecule has 0 aromatic heterocycles. The smallest absolute Gasteiger partial charge is 0.0221 e. The molecule has 86 valence electrons. The number of hydrogen-bond donors (Lipinski definition) is 1. The summed E-state index contributed by atoms with van der Waals surface area (Å²) in [7, 11) is 0. The van der Waals surface area contributed by atoms with Crippen LogP contribution in [0, 0.1) is 0 Å². The van der Waals surface area contributed by atoms with Crippen molar-refractivity contribution in [2.24, 2.45) is 0 Å². The van der Waals surface area contributed by atoms with E-state index in [0.29, 0.717) is 0 Å². The Morgan fingerprint density at radius 1 is 1.12 bits per heavy atom. The van der Waals surface area contributed by atoms with Gasteiger partial charge in [-0.25, -0.2) is 0 Å². The highest BCUT2D eigenvalue weighted by Gasteiger charge is 2.33. The summed E-state index contributed by atoms with van der Waals surface area (Å²) in [5, 5.41) is 3.50. The second-order valence-corrected chi connectivity index (χ2v) is 5.06. The summed E-state index contributed by atoms with van der Waals surface area (Å²) in [5.41, 5.74) is 1.52. The molecule has 0 radical (unpaired) electrons. The quantitative estimate of drug-likeness (QED) is 0.811. The fourth-order valence-corrected chi connectivity index (χ4v) is 2.89. The predicted octanol–water partition coefficient (Wildman–Crippen LogP) is 1.84. The van der Waals surface area contributed by atoms with Crippen molar-refractivity contribution in [1.82, 2.24) is 10.2 Å². The minimum Gasteiger partial charge on any atom is -0.315 e. The van der Waals surface area contributed by atoms with Crippen molar-refractivity contribution in [3.63, 3.8) is 0 Å². The van der Waals surface area contributed by atoms with Crippen molar-refractivity contribution >= 4 is 0 Å². The van der Waals surface area contributed by atoms with Gasteiger partial charge in [-0.2, -0.15) is 0 Å². The van der Waals surface area contributed by atoms with E-state index in [0.717, 1.165) is 12.0 Å². The zero-order valence-electron chi connectivity index (χ0n) is 9.73. The van der Waals surface area contributed by atoms with E-state index in [2.05, 4.69) is 40.5 Å². The first-order valence-corrected chi connectivity index (χ1v) is 6.43. The molecule has 0 saturated carbocycles. The molecule has 1 atom stereocenters. The normalized spacial score (nSPS) is 27.6. The van der Waals surface area contributed by atoms with Crippen LogP contribution in [0.1, 0.15) is 24.3 Å². The van der Waals surface area contributed by atoms with Crippen LogP contribution in [0.5, 0.6) is 0 Å². The molecule has 0 amide bonds. The third-order valence-corrected chi connectivity index (χ3v) is 3.97. The van der Waals surface area contributed by atoms with Crippen molar-refractivity contribution < 1.29 is 0 Å². The van der Waals surface area contributed by atoms with Crippen LogP contribution in [0.15, 0.2) is 30.3 Å². The van der Waals surface area contributed by atoms with Gasteiger partial charge < -0.3 is 5.32 Å². The van der Waals surface area contributed by atoms with Gasteiger partial charge in [0.25, 0.3) is 0 Å². The Kier molecular flexibility index (Phi) is 2.94. The number of likely N-dealkylation sites (tertiary alicyclic amines) is 1. The molecular weight excluding hydrogens is 196 g/mol. The van der Waals surface area contributed by atoms with Gasteiger partial charge in [-0.3, -0.25) is 4.90 Å². The van der Waals surface area contributed by atoms with Gasteiger partial charge in [0, 0.05) is 31.6 Å². The molecule has 2 aliphatic heterocycles. The maximum absolute atomic E-state index is 3.50. The van der Waals surface area contributed by atoms with Crippen LogP contribution < -0.4 is 5.32 Å². The van der Waals surface area contributed by atoms with Crippen LogP contribution in [0.4, 0.5) is 0 Å². The molecule has 0 spiro atoms. The fraction of sp³-hybridized carbons (Fsp3) is 0.571. The molecule has 2 aliphatic rings. The summed E-state index contributed by atoms with van der Waals surface area (Å²) < 4.78 is 0. The van der Waals surface area contributed by atoms with E-state index in [1.54, 1.807) is 0 Å². The van der Waals surface area contributed by atoms with Gasteiger partial charge in [-0.15, -0.1) is 0 Å². The molecule has 0 aliphatic carbocycles. The maximum Gasteiger partial charge on any atom is 0.0221 e. The average molecular weight is 216 g/mol. The number of benzene rings is 1. The van der Waals surface area contributed by atoms with Crippen molar-refractivity contribution in [3.8, 4) is 0 Å². The summed E-state index contributed by atoms with van der Waals surface area (Å²) in [6, 6.07) is 11.7. The third-order valence-electron chi connectivity index (χ3n) is 3.97. The molecule has 2 saturated heterocycles. The monoisotopic (exact) mass is 216 g/mol. The Bertz CT molecular complexity index is 324. The Hall–Kier alpha value is -0.860. The molecule has 16 heavy (non-hydrogen) atoms. The molecule has 2 heterocycles. The average Bonchev–Trinajstić information content (AvgIpc) is 2.30. The highest BCUT2D eigenvalue weighted by atomic mass is 15.2. The topological polar surface area (TPSA) is 15.3 Å². The molecule has 0 bridgehead atoms. The number of hydrogen-bond acceptors (Lipinski definition) is 2. The molecule has 2 nitrogen and oxygen atoms in total. The van der Waals surface area contributed by atoms with Crippen LogP contribution in [-0.4, -0.2) is 37.1 Å². The van der Waals surface area contributed by atoms with Gasteiger partial charge in [-0.1, -0.05) is 30.3 Å². The Balaban J connectivity index is 1.54. The zero-order valence-corrected chi connectivity index (χ0v) is 9.73.